The van der Waals surface area contributed by atoms with Gasteiger partial charge in [-0.25, -0.2) is 4.79 Å². The van der Waals surface area contributed by atoms with Crippen molar-refractivity contribution in [1.82, 2.24) is 0 Å². The molecule has 0 spiro atoms. The highest BCUT2D eigenvalue weighted by molar-refractivity contribution is 5.76. The highest BCUT2D eigenvalue weighted by atomic mass is 16.5. The predicted molar refractivity (Wildman–Crippen MR) is 63.4 cm³/mol. The van der Waals surface area contributed by atoms with Crippen molar-refractivity contribution in [2.24, 2.45) is 0 Å². The average Bonchev–Trinajstić information content (AvgIpc) is 2.39. The number of ether oxygens (including phenoxy) is 2. The third-order valence-corrected chi connectivity index (χ3v) is 2.30. The molecule has 1 heterocycles. The molecule has 5 heteroatoms. The highest BCUT2D eigenvalue weighted by Gasteiger charge is 2.08. The standard InChI is InChI=1S/C13H11O5/c1-16-12(14)6-7-17-11-8-9-4-2-3-5-10(9)18-13(11)15/h2-5H,6-7H2,1H3. The highest BCUT2D eigenvalue weighted by Crippen LogP contribution is 2.15. The van der Waals surface area contributed by atoms with E-state index < -0.39 is 11.6 Å². The van der Waals surface area contributed by atoms with Crippen LogP contribution in [0.25, 0.3) is 11.0 Å². The molecular formula is C13H11O5. The average molecular weight is 247 g/mol. The molecule has 0 unspecified atom stereocenters. The van der Waals surface area contributed by atoms with Gasteiger partial charge in [-0.05, 0) is 6.07 Å². The first-order valence-corrected chi connectivity index (χ1v) is 5.35. The first-order chi connectivity index (χ1) is 8.70. The molecular weight excluding hydrogens is 236 g/mol. The van der Waals surface area contributed by atoms with Gasteiger partial charge in [0.25, 0.3) is 0 Å². The first-order valence-electron chi connectivity index (χ1n) is 5.35. The van der Waals surface area contributed by atoms with Crippen molar-refractivity contribution in [1.29, 1.82) is 0 Å². The molecule has 0 bridgehead atoms. The van der Waals surface area contributed by atoms with E-state index in [1.54, 1.807) is 24.3 Å². The molecule has 0 aliphatic rings. The van der Waals surface area contributed by atoms with Crippen molar-refractivity contribution in [2.75, 3.05) is 13.7 Å². The van der Waals surface area contributed by atoms with Gasteiger partial charge in [0.1, 0.15) is 5.58 Å². The summed E-state index contributed by atoms with van der Waals surface area (Å²) in [6.07, 6.45) is 0.0661. The SMILES string of the molecule is COC(=O)CCOc1[c]c2ccccc2oc1=O. The topological polar surface area (TPSA) is 65.7 Å². The fraction of sp³-hybridized carbons (Fsp3) is 0.231. The Hall–Kier alpha value is -2.30. The molecule has 0 N–H and O–H groups in total. The Morgan fingerprint density at radius 3 is 2.94 bits per heavy atom. The molecule has 5 nitrogen and oxygen atoms in total. The minimum absolute atomic E-state index is 0.0300. The second-order valence-electron chi connectivity index (χ2n) is 3.51. The van der Waals surface area contributed by atoms with Gasteiger partial charge >= 0.3 is 11.6 Å². The summed E-state index contributed by atoms with van der Waals surface area (Å²) in [7, 11) is 1.29. The van der Waals surface area contributed by atoms with E-state index in [0.29, 0.717) is 11.0 Å². The Kier molecular flexibility index (Phi) is 3.62. The van der Waals surface area contributed by atoms with Gasteiger partial charge in [0.2, 0.25) is 5.75 Å². The smallest absolute Gasteiger partial charge is 0.379 e. The van der Waals surface area contributed by atoms with E-state index in [4.69, 9.17) is 9.15 Å². The second kappa shape index (κ2) is 5.35. The van der Waals surface area contributed by atoms with Crippen LogP contribution in [-0.2, 0) is 9.53 Å². The van der Waals surface area contributed by atoms with Gasteiger partial charge in [0.05, 0.1) is 20.1 Å². The normalized spacial score (nSPS) is 10.3. The molecule has 93 valence electrons. The fourth-order valence-corrected chi connectivity index (χ4v) is 1.41. The van der Waals surface area contributed by atoms with Gasteiger partial charge < -0.3 is 13.9 Å². The van der Waals surface area contributed by atoms with Crippen LogP contribution in [-0.4, -0.2) is 19.7 Å². The molecule has 0 saturated heterocycles. The lowest BCUT2D eigenvalue weighted by Gasteiger charge is -2.04. The monoisotopic (exact) mass is 247 g/mol. The maximum absolute atomic E-state index is 11.5. The minimum atomic E-state index is -0.612. The van der Waals surface area contributed by atoms with Gasteiger partial charge in [-0.1, -0.05) is 18.2 Å². The number of methoxy groups -OCH3 is 1. The summed E-state index contributed by atoms with van der Waals surface area (Å²) in [5.74, 6) is -0.433. The molecule has 0 fully saturated rings. The van der Waals surface area contributed by atoms with Crippen LogP contribution >= 0.6 is 0 Å². The molecule has 2 rings (SSSR count). The molecule has 0 atom stereocenters. The first kappa shape index (κ1) is 12.2. The van der Waals surface area contributed by atoms with Gasteiger partial charge in [-0.2, -0.15) is 0 Å². The van der Waals surface area contributed by atoms with Crippen LogP contribution in [0.4, 0.5) is 0 Å². The number of rotatable bonds is 4. The van der Waals surface area contributed by atoms with Crippen molar-refractivity contribution in [2.45, 2.75) is 6.42 Å². The summed E-state index contributed by atoms with van der Waals surface area (Å²) in [6, 6.07) is 9.80. The lowest BCUT2D eigenvalue weighted by molar-refractivity contribution is -0.141. The molecule has 1 aromatic carbocycles. The Labute approximate surface area is 103 Å². The van der Waals surface area contributed by atoms with E-state index in [1.165, 1.54) is 7.11 Å². The second-order valence-corrected chi connectivity index (χ2v) is 3.51. The third kappa shape index (κ3) is 2.68. The molecule has 0 aliphatic heterocycles. The van der Waals surface area contributed by atoms with Crippen molar-refractivity contribution in [3.63, 3.8) is 0 Å². The van der Waals surface area contributed by atoms with E-state index in [0.717, 1.165) is 0 Å². The molecule has 18 heavy (non-hydrogen) atoms. The molecule has 0 aliphatic carbocycles. The summed E-state index contributed by atoms with van der Waals surface area (Å²) < 4.78 is 14.7. The zero-order valence-corrected chi connectivity index (χ0v) is 9.76. The summed E-state index contributed by atoms with van der Waals surface area (Å²) >= 11 is 0. The van der Waals surface area contributed by atoms with Crippen LogP contribution in [0.3, 0.4) is 0 Å². The Morgan fingerprint density at radius 1 is 1.39 bits per heavy atom. The maximum Gasteiger partial charge on any atom is 0.379 e. The third-order valence-electron chi connectivity index (χ3n) is 2.30. The predicted octanol–water partition coefficient (Wildman–Crippen LogP) is 1.54. The molecule has 2 aromatic rings. The van der Waals surface area contributed by atoms with Gasteiger partial charge in [-0.3, -0.25) is 4.79 Å². The molecule has 1 radical (unpaired) electrons. The van der Waals surface area contributed by atoms with Crippen LogP contribution in [0.1, 0.15) is 6.42 Å². The number of benzene rings is 1. The zero-order valence-electron chi connectivity index (χ0n) is 9.76. The number of fused-ring (bicyclic) bond motifs is 1. The van der Waals surface area contributed by atoms with Crippen molar-refractivity contribution in [3.8, 4) is 5.75 Å². The Balaban J connectivity index is 2.15. The summed E-state index contributed by atoms with van der Waals surface area (Å²) in [5, 5.41) is 0.644. The van der Waals surface area contributed by atoms with E-state index in [-0.39, 0.29) is 18.8 Å². The molecule has 1 aromatic heterocycles. The largest absolute Gasteiger partial charge is 0.485 e. The number of carbonyl (C=O) groups excluding carboxylic acids is 1. The quantitative estimate of drug-likeness (QED) is 0.605. The van der Waals surface area contributed by atoms with Crippen LogP contribution in [0.2, 0.25) is 0 Å². The van der Waals surface area contributed by atoms with Gasteiger partial charge in [0.15, 0.2) is 0 Å². The Bertz CT molecular complexity index is 614. The van der Waals surface area contributed by atoms with Crippen molar-refractivity contribution in [3.05, 3.63) is 40.8 Å². The van der Waals surface area contributed by atoms with Gasteiger partial charge in [0, 0.05) is 11.5 Å². The van der Waals surface area contributed by atoms with E-state index in [2.05, 4.69) is 10.8 Å². The van der Waals surface area contributed by atoms with Crippen molar-refractivity contribution >= 4 is 16.9 Å². The lowest BCUT2D eigenvalue weighted by atomic mass is 10.2. The molecule has 0 amide bonds. The number of esters is 1. The van der Waals surface area contributed by atoms with E-state index in [1.807, 2.05) is 0 Å². The van der Waals surface area contributed by atoms with Gasteiger partial charge in [-0.15, -0.1) is 0 Å². The lowest BCUT2D eigenvalue weighted by Crippen LogP contribution is -2.12. The number of hydrogen-bond acceptors (Lipinski definition) is 5. The van der Waals surface area contributed by atoms with Crippen LogP contribution in [0.5, 0.6) is 5.75 Å². The molecule has 0 saturated carbocycles. The maximum atomic E-state index is 11.5. The van der Waals surface area contributed by atoms with Crippen molar-refractivity contribution < 1.29 is 18.7 Å². The van der Waals surface area contributed by atoms with Crippen LogP contribution in [0.15, 0.2) is 33.5 Å². The van der Waals surface area contributed by atoms with E-state index in [9.17, 15) is 9.59 Å². The minimum Gasteiger partial charge on any atom is -0.485 e. The van der Waals surface area contributed by atoms with Crippen LogP contribution in [0, 0.1) is 6.07 Å². The number of para-hydroxylation sites is 1. The summed E-state index contributed by atoms with van der Waals surface area (Å²) in [6.45, 7) is 0.0479. The zero-order chi connectivity index (χ0) is 13.0. The Morgan fingerprint density at radius 2 is 2.17 bits per heavy atom. The summed E-state index contributed by atoms with van der Waals surface area (Å²) in [4.78, 5) is 22.4. The fourth-order valence-electron chi connectivity index (χ4n) is 1.41. The summed E-state index contributed by atoms with van der Waals surface area (Å²) in [5.41, 5.74) is -0.165. The van der Waals surface area contributed by atoms with Crippen LogP contribution < -0.4 is 10.4 Å². The number of hydrogen-bond donors (Lipinski definition) is 0. The van der Waals surface area contributed by atoms with E-state index >= 15 is 0 Å². The number of carbonyl (C=O) groups is 1.